The van der Waals surface area contributed by atoms with Crippen LogP contribution in [0.2, 0.25) is 0 Å². The highest BCUT2D eigenvalue weighted by molar-refractivity contribution is 6.11. The van der Waals surface area contributed by atoms with Gasteiger partial charge in [0.25, 0.3) is 11.8 Å². The average molecular weight is 437 g/mol. The Bertz CT molecular complexity index is 1120. The fourth-order valence-corrected chi connectivity index (χ4v) is 3.61. The summed E-state index contributed by atoms with van der Waals surface area (Å²) in [7, 11) is 0. The number of para-hydroxylation sites is 1. The van der Waals surface area contributed by atoms with Gasteiger partial charge in [-0.2, -0.15) is 0 Å². The fraction of sp³-hybridized carbons (Fsp3) is 0.360. The minimum absolute atomic E-state index is 0.0217. The van der Waals surface area contributed by atoms with Crippen LogP contribution in [-0.4, -0.2) is 49.6 Å². The Morgan fingerprint density at radius 2 is 1.81 bits per heavy atom. The number of hydrogen-bond donors (Lipinski definition) is 1. The predicted octanol–water partition coefficient (Wildman–Crippen LogP) is 4.22. The van der Waals surface area contributed by atoms with Gasteiger partial charge in [-0.3, -0.25) is 9.59 Å². The van der Waals surface area contributed by atoms with E-state index in [1.54, 1.807) is 11.0 Å². The van der Waals surface area contributed by atoms with Crippen molar-refractivity contribution in [2.75, 3.05) is 38.2 Å². The van der Waals surface area contributed by atoms with Gasteiger partial charge >= 0.3 is 0 Å². The number of amides is 2. The van der Waals surface area contributed by atoms with Crippen molar-refractivity contribution in [2.24, 2.45) is 0 Å². The van der Waals surface area contributed by atoms with Gasteiger partial charge in [-0.1, -0.05) is 45.0 Å². The van der Waals surface area contributed by atoms with Crippen molar-refractivity contribution in [3.05, 3.63) is 59.9 Å². The van der Waals surface area contributed by atoms with Gasteiger partial charge in [0.05, 0.1) is 13.2 Å². The average Bonchev–Trinajstić information content (AvgIpc) is 3.16. The van der Waals surface area contributed by atoms with Crippen LogP contribution in [0.3, 0.4) is 0 Å². The molecule has 1 aliphatic heterocycles. The number of carbonyl (C=O) groups is 2. The monoisotopic (exact) mass is 436 g/mol. The molecule has 0 aliphatic carbocycles. The summed E-state index contributed by atoms with van der Waals surface area (Å²) in [5.74, 6) is 0.109. The van der Waals surface area contributed by atoms with Gasteiger partial charge in [-0.25, -0.2) is 0 Å². The number of ether oxygens (including phenoxy) is 2. The molecule has 2 heterocycles. The summed E-state index contributed by atoms with van der Waals surface area (Å²) >= 11 is 0. The van der Waals surface area contributed by atoms with E-state index in [4.69, 9.17) is 13.9 Å². The summed E-state index contributed by atoms with van der Waals surface area (Å²) in [4.78, 5) is 27.5. The smallest absolute Gasteiger partial charge is 0.291 e. The van der Waals surface area contributed by atoms with Gasteiger partial charge in [0.15, 0.2) is 6.61 Å². The molecule has 3 aromatic rings. The number of furan rings is 1. The first-order valence-electron chi connectivity index (χ1n) is 10.7. The number of nitrogens with zero attached hydrogens (tertiary/aromatic N) is 1. The number of anilines is 1. The molecule has 1 N–H and O–H groups in total. The minimum Gasteiger partial charge on any atom is -0.484 e. The van der Waals surface area contributed by atoms with E-state index in [0.717, 1.165) is 5.56 Å². The number of hydrogen-bond acceptors (Lipinski definition) is 5. The summed E-state index contributed by atoms with van der Waals surface area (Å²) in [6.45, 7) is 8.11. The van der Waals surface area contributed by atoms with Gasteiger partial charge in [0.2, 0.25) is 5.76 Å². The molecule has 0 bridgehead atoms. The van der Waals surface area contributed by atoms with E-state index < -0.39 is 0 Å². The number of carbonyl (C=O) groups excluding carboxylic acids is 2. The van der Waals surface area contributed by atoms with Crippen LogP contribution >= 0.6 is 0 Å². The quantitative estimate of drug-likeness (QED) is 0.648. The lowest BCUT2D eigenvalue weighted by molar-refractivity contribution is -0.118. The van der Waals surface area contributed by atoms with E-state index in [1.165, 1.54) is 0 Å². The second-order valence-electron chi connectivity index (χ2n) is 8.82. The third-order valence-corrected chi connectivity index (χ3v) is 5.42. The summed E-state index contributed by atoms with van der Waals surface area (Å²) in [5, 5.41) is 3.51. The maximum atomic E-state index is 13.1. The van der Waals surface area contributed by atoms with Crippen molar-refractivity contribution in [1.82, 2.24) is 4.90 Å². The van der Waals surface area contributed by atoms with Crippen LogP contribution in [0.15, 0.2) is 52.9 Å². The molecular formula is C25H28N2O5. The predicted molar refractivity (Wildman–Crippen MR) is 122 cm³/mol. The Balaban J connectivity index is 1.52. The van der Waals surface area contributed by atoms with Crippen LogP contribution in [0, 0.1) is 0 Å². The van der Waals surface area contributed by atoms with Crippen molar-refractivity contribution in [3.8, 4) is 5.75 Å². The molecule has 0 saturated carbocycles. The Labute approximate surface area is 187 Å². The maximum absolute atomic E-state index is 13.1. The molecule has 0 spiro atoms. The van der Waals surface area contributed by atoms with Crippen molar-refractivity contribution < 1.29 is 23.5 Å². The largest absolute Gasteiger partial charge is 0.484 e. The molecule has 1 saturated heterocycles. The highest BCUT2D eigenvalue weighted by atomic mass is 16.5. The molecule has 1 fully saturated rings. The molecule has 4 rings (SSSR count). The van der Waals surface area contributed by atoms with E-state index in [1.807, 2.05) is 42.5 Å². The van der Waals surface area contributed by atoms with Gasteiger partial charge in [0.1, 0.15) is 17.0 Å². The highest BCUT2D eigenvalue weighted by Gasteiger charge is 2.27. The lowest BCUT2D eigenvalue weighted by Crippen LogP contribution is -2.40. The molecule has 1 aromatic heterocycles. The molecule has 0 atom stereocenters. The van der Waals surface area contributed by atoms with Crippen molar-refractivity contribution in [2.45, 2.75) is 26.2 Å². The SMILES string of the molecule is CC(C)(C)c1cccc(OCC(=O)Nc2c(C(=O)N3CCOCC3)oc3ccccc23)c1. The Kier molecular flexibility index (Phi) is 6.19. The lowest BCUT2D eigenvalue weighted by Gasteiger charge is -2.26. The van der Waals surface area contributed by atoms with Crippen LogP contribution in [-0.2, 0) is 14.9 Å². The van der Waals surface area contributed by atoms with Gasteiger partial charge in [-0.05, 0) is 35.2 Å². The Morgan fingerprint density at radius 3 is 2.56 bits per heavy atom. The molecule has 2 amide bonds. The topological polar surface area (TPSA) is 81.0 Å². The number of nitrogens with one attached hydrogen (secondary N) is 1. The first-order chi connectivity index (χ1) is 15.3. The molecule has 168 valence electrons. The van der Waals surface area contributed by atoms with Crippen molar-refractivity contribution in [3.63, 3.8) is 0 Å². The van der Waals surface area contributed by atoms with Crippen molar-refractivity contribution >= 4 is 28.5 Å². The summed E-state index contributed by atoms with van der Waals surface area (Å²) < 4.78 is 16.9. The molecule has 0 unspecified atom stereocenters. The molecule has 2 aromatic carbocycles. The van der Waals surface area contributed by atoms with E-state index in [-0.39, 0.29) is 29.6 Å². The van der Waals surface area contributed by atoms with Crippen molar-refractivity contribution in [1.29, 1.82) is 0 Å². The number of benzene rings is 2. The third kappa shape index (κ3) is 4.78. The molecule has 7 heteroatoms. The van der Waals surface area contributed by atoms with Crippen LogP contribution in [0.5, 0.6) is 5.75 Å². The summed E-state index contributed by atoms with van der Waals surface area (Å²) in [6.07, 6.45) is 0. The summed E-state index contributed by atoms with van der Waals surface area (Å²) in [5.41, 5.74) is 2.01. The minimum atomic E-state index is -0.367. The second kappa shape index (κ2) is 9.04. The van der Waals surface area contributed by atoms with Crippen LogP contribution in [0.25, 0.3) is 11.0 Å². The van der Waals surface area contributed by atoms with Crippen LogP contribution in [0.1, 0.15) is 36.9 Å². The maximum Gasteiger partial charge on any atom is 0.291 e. The molecule has 32 heavy (non-hydrogen) atoms. The fourth-order valence-electron chi connectivity index (χ4n) is 3.61. The molecule has 7 nitrogen and oxygen atoms in total. The normalized spacial score (nSPS) is 14.4. The van der Waals surface area contributed by atoms with Crippen LogP contribution < -0.4 is 10.1 Å². The first-order valence-corrected chi connectivity index (χ1v) is 10.7. The van der Waals surface area contributed by atoms with Gasteiger partial charge in [0, 0.05) is 18.5 Å². The van der Waals surface area contributed by atoms with E-state index in [0.29, 0.717) is 48.7 Å². The van der Waals surface area contributed by atoms with Gasteiger partial charge in [-0.15, -0.1) is 0 Å². The van der Waals surface area contributed by atoms with E-state index >= 15 is 0 Å². The van der Waals surface area contributed by atoms with E-state index in [2.05, 4.69) is 26.1 Å². The lowest BCUT2D eigenvalue weighted by atomic mass is 9.87. The van der Waals surface area contributed by atoms with Gasteiger partial charge < -0.3 is 24.1 Å². The Hall–Kier alpha value is -3.32. The highest BCUT2D eigenvalue weighted by Crippen LogP contribution is 2.32. The zero-order valence-electron chi connectivity index (χ0n) is 18.6. The van der Waals surface area contributed by atoms with E-state index in [9.17, 15) is 9.59 Å². The summed E-state index contributed by atoms with van der Waals surface area (Å²) in [6, 6.07) is 15.0. The zero-order chi connectivity index (χ0) is 22.7. The molecular weight excluding hydrogens is 408 g/mol. The molecule has 0 radical (unpaired) electrons. The Morgan fingerprint density at radius 1 is 1.06 bits per heavy atom. The first kappa shape index (κ1) is 21.9. The molecule has 1 aliphatic rings. The number of morpholine rings is 1. The standard InChI is InChI=1S/C25H28N2O5/c1-25(2,3)17-7-6-8-18(15-17)31-16-21(28)26-22-19-9-4-5-10-20(19)32-23(22)24(29)27-11-13-30-14-12-27/h4-10,15H,11-14,16H2,1-3H3,(H,26,28). The second-order valence-corrected chi connectivity index (χ2v) is 8.82. The number of rotatable bonds is 5. The van der Waals surface area contributed by atoms with Crippen LogP contribution in [0.4, 0.5) is 5.69 Å². The zero-order valence-corrected chi connectivity index (χ0v) is 18.6. The number of fused-ring (bicyclic) bond motifs is 1. The third-order valence-electron chi connectivity index (χ3n) is 5.42.